The van der Waals surface area contributed by atoms with Gasteiger partial charge in [-0.25, -0.2) is 4.79 Å². The van der Waals surface area contributed by atoms with Crippen LogP contribution in [0.25, 0.3) is 21.9 Å². The molecule has 0 amide bonds. The molecule has 0 aliphatic carbocycles. The molecule has 0 bridgehead atoms. The molecule has 2 aromatic carbocycles. The number of H-pyrrole nitrogens is 2. The predicted molar refractivity (Wildman–Crippen MR) is 136 cm³/mol. The molecule has 0 spiro atoms. The van der Waals surface area contributed by atoms with E-state index >= 15 is 0 Å². The zero-order valence-corrected chi connectivity index (χ0v) is 19.6. The van der Waals surface area contributed by atoms with Gasteiger partial charge in [-0.1, -0.05) is 39.0 Å². The average molecular weight is 463 g/mol. The monoisotopic (exact) mass is 462 g/mol. The molecule has 0 atom stereocenters. The second-order valence-corrected chi connectivity index (χ2v) is 8.26. The summed E-state index contributed by atoms with van der Waals surface area (Å²) in [5.41, 5.74) is 1.04. The summed E-state index contributed by atoms with van der Waals surface area (Å²) in [6, 6.07) is 12.8. The van der Waals surface area contributed by atoms with Gasteiger partial charge in [-0.15, -0.1) is 4.68 Å². The lowest BCUT2D eigenvalue weighted by Gasteiger charge is -2.06. The molecule has 8 nitrogen and oxygen atoms in total. The van der Waals surface area contributed by atoms with E-state index in [-0.39, 0.29) is 5.52 Å². The second-order valence-electron chi connectivity index (χ2n) is 8.26. The van der Waals surface area contributed by atoms with Crippen molar-refractivity contribution in [1.29, 1.82) is 0 Å². The zero-order valence-electron chi connectivity index (χ0n) is 19.6. The normalized spacial score (nSPS) is 11.6. The van der Waals surface area contributed by atoms with E-state index < -0.39 is 11.2 Å². The third-order valence-corrected chi connectivity index (χ3v) is 5.81. The summed E-state index contributed by atoms with van der Waals surface area (Å²) >= 11 is 0. The fraction of sp³-hybridized carbons (Fsp3) is 0.346. The first kappa shape index (κ1) is 23.4. The highest BCUT2D eigenvalue weighted by atomic mass is 16.5. The van der Waals surface area contributed by atoms with Crippen LogP contribution in [0.4, 0.5) is 0 Å². The summed E-state index contributed by atoms with van der Waals surface area (Å²) < 4.78 is 11.8. The van der Waals surface area contributed by atoms with Gasteiger partial charge in [-0.3, -0.25) is 4.79 Å². The van der Waals surface area contributed by atoms with Gasteiger partial charge in [0.2, 0.25) is 0 Å². The Labute approximate surface area is 197 Å². The van der Waals surface area contributed by atoms with Gasteiger partial charge in [0.25, 0.3) is 0 Å². The quantitative estimate of drug-likeness (QED) is 0.247. The van der Waals surface area contributed by atoms with Crippen molar-refractivity contribution in [2.45, 2.75) is 45.4 Å². The maximum atomic E-state index is 12.9. The maximum absolute atomic E-state index is 12.9. The Morgan fingerprint density at radius 2 is 1.65 bits per heavy atom. The Bertz CT molecular complexity index is 1400. The molecule has 2 aromatic heterocycles. The molecule has 8 heteroatoms. The largest absolute Gasteiger partial charge is 0.497 e. The van der Waals surface area contributed by atoms with E-state index in [0.29, 0.717) is 23.4 Å². The highest BCUT2D eigenvalue weighted by Crippen LogP contribution is 2.24. The number of methoxy groups -OCH3 is 1. The minimum atomic E-state index is -0.607. The first-order chi connectivity index (χ1) is 16.6. The van der Waals surface area contributed by atoms with Crippen LogP contribution in [0.3, 0.4) is 0 Å². The number of nitrogens with zero attached hydrogens (tertiary/aromatic N) is 2. The molecule has 34 heavy (non-hydrogen) atoms. The van der Waals surface area contributed by atoms with Crippen LogP contribution in [0.5, 0.6) is 11.5 Å². The Hall–Kier alpha value is -3.81. The van der Waals surface area contributed by atoms with Gasteiger partial charge < -0.3 is 19.4 Å². The fourth-order valence-corrected chi connectivity index (χ4v) is 3.90. The van der Waals surface area contributed by atoms with Gasteiger partial charge in [0.15, 0.2) is 0 Å². The van der Waals surface area contributed by atoms with Crippen molar-refractivity contribution in [3.8, 4) is 11.5 Å². The van der Waals surface area contributed by atoms with Crippen LogP contribution in [0.15, 0.2) is 57.2 Å². The maximum Gasteiger partial charge on any atom is 0.350 e. The number of rotatable bonds is 11. The van der Waals surface area contributed by atoms with Gasteiger partial charge in [0.1, 0.15) is 17.0 Å². The molecule has 4 aromatic rings. The van der Waals surface area contributed by atoms with Crippen molar-refractivity contribution in [2.75, 3.05) is 13.7 Å². The molecule has 0 fully saturated rings. The van der Waals surface area contributed by atoms with Gasteiger partial charge in [0, 0.05) is 11.5 Å². The van der Waals surface area contributed by atoms with Gasteiger partial charge in [-0.2, -0.15) is 5.10 Å². The zero-order chi connectivity index (χ0) is 23.9. The van der Waals surface area contributed by atoms with E-state index in [1.54, 1.807) is 25.3 Å². The SMILES string of the molecule is CCCCCCCCOc1ccc(/C=N\n2c(=O)[nH]c3c([nH]c4cc(OC)ccc43)c2=O)cc1. The van der Waals surface area contributed by atoms with Crippen molar-refractivity contribution in [2.24, 2.45) is 5.10 Å². The van der Waals surface area contributed by atoms with Crippen LogP contribution < -0.4 is 20.7 Å². The molecule has 0 aliphatic heterocycles. The first-order valence-electron chi connectivity index (χ1n) is 11.7. The summed E-state index contributed by atoms with van der Waals surface area (Å²) in [6.07, 6.45) is 8.80. The van der Waals surface area contributed by atoms with Crippen molar-refractivity contribution < 1.29 is 9.47 Å². The molecule has 0 radical (unpaired) electrons. The number of aromatic nitrogens is 3. The molecule has 4 rings (SSSR count). The molecule has 0 saturated carbocycles. The third-order valence-electron chi connectivity index (χ3n) is 5.81. The second kappa shape index (κ2) is 10.9. The molecule has 0 unspecified atom stereocenters. The lowest BCUT2D eigenvalue weighted by molar-refractivity contribution is 0.304. The average Bonchev–Trinajstić information content (AvgIpc) is 3.22. The van der Waals surface area contributed by atoms with Crippen molar-refractivity contribution in [3.05, 3.63) is 68.9 Å². The minimum absolute atomic E-state index is 0.276. The van der Waals surface area contributed by atoms with Gasteiger partial charge in [0.05, 0.1) is 31.0 Å². The van der Waals surface area contributed by atoms with Crippen LogP contribution in [0, 0.1) is 0 Å². The molecule has 0 aliphatic rings. The van der Waals surface area contributed by atoms with Gasteiger partial charge >= 0.3 is 11.2 Å². The Morgan fingerprint density at radius 3 is 2.41 bits per heavy atom. The summed E-state index contributed by atoms with van der Waals surface area (Å²) in [5.74, 6) is 1.44. The lowest BCUT2D eigenvalue weighted by atomic mass is 10.1. The summed E-state index contributed by atoms with van der Waals surface area (Å²) in [7, 11) is 1.57. The molecular weight excluding hydrogens is 432 g/mol. The van der Waals surface area contributed by atoms with Crippen LogP contribution in [0.2, 0.25) is 0 Å². The van der Waals surface area contributed by atoms with Crippen LogP contribution >= 0.6 is 0 Å². The van der Waals surface area contributed by atoms with E-state index in [1.807, 2.05) is 24.3 Å². The van der Waals surface area contributed by atoms with Crippen LogP contribution in [0.1, 0.15) is 51.0 Å². The number of hydrogen-bond donors (Lipinski definition) is 2. The number of aromatic amines is 2. The Kier molecular flexibility index (Phi) is 7.47. The first-order valence-corrected chi connectivity index (χ1v) is 11.7. The highest BCUT2D eigenvalue weighted by Gasteiger charge is 2.13. The highest BCUT2D eigenvalue weighted by molar-refractivity contribution is 6.04. The third kappa shape index (κ3) is 5.22. The number of ether oxygens (including phenoxy) is 2. The van der Waals surface area contributed by atoms with E-state index in [4.69, 9.17) is 9.47 Å². The molecule has 2 heterocycles. The lowest BCUT2D eigenvalue weighted by Crippen LogP contribution is -2.32. The van der Waals surface area contributed by atoms with E-state index in [9.17, 15) is 9.59 Å². The van der Waals surface area contributed by atoms with Crippen LogP contribution in [-0.2, 0) is 0 Å². The molecular formula is C26H30N4O4. The van der Waals surface area contributed by atoms with Gasteiger partial charge in [-0.05, 0) is 48.4 Å². The Morgan fingerprint density at radius 1 is 0.912 bits per heavy atom. The molecule has 178 valence electrons. The smallest absolute Gasteiger partial charge is 0.350 e. The number of unbranched alkanes of at least 4 members (excludes halogenated alkanes) is 5. The van der Waals surface area contributed by atoms with E-state index in [2.05, 4.69) is 22.0 Å². The molecule has 0 saturated heterocycles. The number of fused-ring (bicyclic) bond motifs is 3. The van der Waals surface area contributed by atoms with Crippen LogP contribution in [-0.4, -0.2) is 34.6 Å². The number of nitrogens with one attached hydrogen (secondary N) is 2. The van der Waals surface area contributed by atoms with Crippen molar-refractivity contribution in [3.63, 3.8) is 0 Å². The summed E-state index contributed by atoms with van der Waals surface area (Å²) in [4.78, 5) is 31.3. The fourth-order valence-electron chi connectivity index (χ4n) is 3.90. The summed E-state index contributed by atoms with van der Waals surface area (Å²) in [6.45, 7) is 2.91. The van der Waals surface area contributed by atoms with E-state index in [1.165, 1.54) is 38.3 Å². The minimum Gasteiger partial charge on any atom is -0.497 e. The van der Waals surface area contributed by atoms with E-state index in [0.717, 1.165) is 27.8 Å². The number of hydrogen-bond acceptors (Lipinski definition) is 5. The van der Waals surface area contributed by atoms with Crippen molar-refractivity contribution >= 4 is 28.2 Å². The molecule has 2 N–H and O–H groups in total. The Balaban J connectivity index is 1.45. The van der Waals surface area contributed by atoms with Crippen molar-refractivity contribution in [1.82, 2.24) is 14.6 Å². The summed E-state index contributed by atoms with van der Waals surface area (Å²) in [5, 5.41) is 4.85. The number of benzene rings is 2. The standard InChI is InChI=1S/C26H30N4O4/c1-3-4-5-6-7-8-15-34-19-11-9-18(10-12-19)17-27-30-25(31)24-23(29-26(30)32)21-14-13-20(33-2)16-22(21)28-24/h9-14,16-17,28H,3-8,15H2,1-2H3,(H,29,32)/b27-17-. The predicted octanol–water partition coefficient (Wildman–Crippen LogP) is 4.80. The topological polar surface area (TPSA) is 101 Å².